The fraction of sp³-hybridized carbons (Fsp3) is 0.269. The average molecular weight is 482 g/mol. The topological polar surface area (TPSA) is 69.7 Å². The van der Waals surface area contributed by atoms with Crippen LogP contribution in [0.5, 0.6) is 0 Å². The Balaban J connectivity index is 1.45. The van der Waals surface area contributed by atoms with Gasteiger partial charge in [-0.05, 0) is 73.4 Å². The molecule has 1 heterocycles. The third-order valence-electron chi connectivity index (χ3n) is 5.88. The van der Waals surface area contributed by atoms with E-state index in [0.29, 0.717) is 0 Å². The molecule has 1 fully saturated rings. The largest absolute Gasteiger partial charge is 0.372 e. The molecule has 0 saturated carbocycles. The predicted octanol–water partition coefficient (Wildman–Crippen LogP) is 4.33. The highest BCUT2D eigenvalue weighted by atomic mass is 32.2. The van der Waals surface area contributed by atoms with E-state index in [9.17, 15) is 17.6 Å². The number of halogens is 1. The highest BCUT2D eigenvalue weighted by Gasteiger charge is 2.27. The normalized spacial score (nSPS) is 14.0. The molecule has 0 unspecified atom stereocenters. The van der Waals surface area contributed by atoms with Gasteiger partial charge in [0.1, 0.15) is 12.4 Å². The highest BCUT2D eigenvalue weighted by Crippen LogP contribution is 2.24. The summed E-state index contributed by atoms with van der Waals surface area (Å²) in [5.74, 6) is -0.942. The number of carbonyl (C=O) groups is 1. The lowest BCUT2D eigenvalue weighted by Gasteiger charge is -2.28. The molecule has 1 aliphatic heterocycles. The van der Waals surface area contributed by atoms with Gasteiger partial charge in [-0.3, -0.25) is 9.10 Å². The number of hydrogen-bond donors (Lipinski definition) is 1. The van der Waals surface area contributed by atoms with Gasteiger partial charge in [0.15, 0.2) is 0 Å². The van der Waals surface area contributed by atoms with E-state index in [4.69, 9.17) is 0 Å². The number of anilines is 2. The number of nitrogens with one attached hydrogen (secondary N) is 1. The van der Waals surface area contributed by atoms with Gasteiger partial charge in [0.05, 0.1) is 10.6 Å². The first-order chi connectivity index (χ1) is 16.4. The maximum Gasteiger partial charge on any atom is 0.264 e. The van der Waals surface area contributed by atoms with Gasteiger partial charge in [0, 0.05) is 25.3 Å². The molecule has 1 amide bonds. The van der Waals surface area contributed by atoms with Gasteiger partial charge in [-0.25, -0.2) is 12.8 Å². The first-order valence-electron chi connectivity index (χ1n) is 11.4. The molecular formula is C26H28FN3O3S. The second-order valence-electron chi connectivity index (χ2n) is 8.29. The molecule has 1 N–H and O–H groups in total. The first kappa shape index (κ1) is 23.8. The van der Waals surface area contributed by atoms with Crippen molar-refractivity contribution in [3.05, 3.63) is 90.2 Å². The van der Waals surface area contributed by atoms with Gasteiger partial charge in [-0.15, -0.1) is 0 Å². The zero-order valence-corrected chi connectivity index (χ0v) is 19.7. The summed E-state index contributed by atoms with van der Waals surface area (Å²) in [4.78, 5) is 15.2. The van der Waals surface area contributed by atoms with Crippen molar-refractivity contribution in [2.24, 2.45) is 0 Å². The Morgan fingerprint density at radius 3 is 2.18 bits per heavy atom. The van der Waals surface area contributed by atoms with Crippen molar-refractivity contribution in [3.63, 3.8) is 0 Å². The van der Waals surface area contributed by atoms with E-state index in [0.717, 1.165) is 23.0 Å². The minimum atomic E-state index is -4.02. The molecule has 0 aliphatic carbocycles. The van der Waals surface area contributed by atoms with Crippen molar-refractivity contribution in [1.82, 2.24) is 5.32 Å². The smallest absolute Gasteiger partial charge is 0.264 e. The molecule has 1 saturated heterocycles. The Bertz CT molecular complexity index is 1190. The number of sulfonamides is 1. The summed E-state index contributed by atoms with van der Waals surface area (Å²) in [5, 5.41) is 2.80. The van der Waals surface area contributed by atoms with Crippen LogP contribution in [0.2, 0.25) is 0 Å². The first-order valence-corrected chi connectivity index (χ1v) is 12.8. The lowest BCUT2D eigenvalue weighted by molar-refractivity contribution is -0.119. The number of amides is 1. The molecule has 6 nitrogen and oxygen atoms in total. The summed E-state index contributed by atoms with van der Waals surface area (Å²) < 4.78 is 41.0. The van der Waals surface area contributed by atoms with Crippen molar-refractivity contribution in [1.29, 1.82) is 0 Å². The molecule has 1 aliphatic rings. The van der Waals surface area contributed by atoms with Gasteiger partial charge in [-0.2, -0.15) is 0 Å². The molecule has 0 radical (unpaired) electrons. The van der Waals surface area contributed by atoms with E-state index < -0.39 is 28.3 Å². The molecule has 178 valence electrons. The molecule has 0 atom stereocenters. The fourth-order valence-electron chi connectivity index (χ4n) is 4.01. The van der Waals surface area contributed by atoms with E-state index in [1.807, 2.05) is 12.1 Å². The zero-order valence-electron chi connectivity index (χ0n) is 18.9. The maximum absolute atomic E-state index is 13.4. The average Bonchev–Trinajstić information content (AvgIpc) is 2.88. The Labute approximate surface area is 200 Å². The van der Waals surface area contributed by atoms with E-state index in [-0.39, 0.29) is 17.1 Å². The second kappa shape index (κ2) is 10.7. The SMILES string of the molecule is O=C(CN(c1ccc(F)cc1)S(=O)(=O)c1ccccc1)NCc1ccc(N2CCCCC2)cc1. The number of carbonyl (C=O) groups excluding carboxylic acids is 1. The lowest BCUT2D eigenvalue weighted by atomic mass is 10.1. The molecule has 3 aromatic rings. The molecule has 4 rings (SSSR count). The van der Waals surface area contributed by atoms with Crippen molar-refractivity contribution in [2.45, 2.75) is 30.7 Å². The Hall–Kier alpha value is -3.39. The van der Waals surface area contributed by atoms with E-state index >= 15 is 0 Å². The molecule has 0 bridgehead atoms. The molecule has 8 heteroatoms. The van der Waals surface area contributed by atoms with Gasteiger partial charge >= 0.3 is 0 Å². The highest BCUT2D eigenvalue weighted by molar-refractivity contribution is 7.92. The van der Waals surface area contributed by atoms with Gasteiger partial charge in [0.25, 0.3) is 10.0 Å². The number of hydrogen-bond acceptors (Lipinski definition) is 4. The van der Waals surface area contributed by atoms with Crippen LogP contribution in [0.25, 0.3) is 0 Å². The number of benzene rings is 3. The van der Waals surface area contributed by atoms with Gasteiger partial charge in [0.2, 0.25) is 5.91 Å². The number of nitrogens with zero attached hydrogens (tertiary/aromatic N) is 2. The summed E-state index contributed by atoms with van der Waals surface area (Å²) in [6.07, 6.45) is 3.68. The van der Waals surface area contributed by atoms with E-state index in [1.165, 1.54) is 61.3 Å². The van der Waals surface area contributed by atoms with Crippen LogP contribution in [0.15, 0.2) is 83.8 Å². The van der Waals surface area contributed by atoms with Crippen molar-refractivity contribution < 1.29 is 17.6 Å². The van der Waals surface area contributed by atoms with Crippen LogP contribution in [-0.2, 0) is 21.4 Å². The Kier molecular flexibility index (Phi) is 7.47. The minimum Gasteiger partial charge on any atom is -0.372 e. The van der Waals surface area contributed by atoms with Crippen LogP contribution in [-0.4, -0.2) is 34.0 Å². The van der Waals surface area contributed by atoms with Crippen LogP contribution >= 0.6 is 0 Å². The predicted molar refractivity (Wildman–Crippen MR) is 132 cm³/mol. The molecule has 0 aromatic heterocycles. The third-order valence-corrected chi connectivity index (χ3v) is 7.67. The van der Waals surface area contributed by atoms with Crippen LogP contribution in [0.1, 0.15) is 24.8 Å². The molecule has 34 heavy (non-hydrogen) atoms. The summed E-state index contributed by atoms with van der Waals surface area (Å²) in [7, 11) is -4.02. The minimum absolute atomic E-state index is 0.0560. The van der Waals surface area contributed by atoms with Crippen LogP contribution in [0.3, 0.4) is 0 Å². The fourth-order valence-corrected chi connectivity index (χ4v) is 5.45. The van der Waals surface area contributed by atoms with Crippen molar-refractivity contribution >= 4 is 27.3 Å². The monoisotopic (exact) mass is 481 g/mol. The summed E-state index contributed by atoms with van der Waals surface area (Å²) in [6.45, 7) is 1.98. The third kappa shape index (κ3) is 5.75. The maximum atomic E-state index is 13.4. The van der Waals surface area contributed by atoms with Crippen LogP contribution < -0.4 is 14.5 Å². The summed E-state index contributed by atoms with van der Waals surface area (Å²) in [6, 6.07) is 21.0. The van der Waals surface area contributed by atoms with E-state index in [2.05, 4.69) is 22.3 Å². The van der Waals surface area contributed by atoms with Crippen molar-refractivity contribution in [2.75, 3.05) is 28.8 Å². The van der Waals surface area contributed by atoms with Crippen LogP contribution in [0.4, 0.5) is 15.8 Å². The Morgan fingerprint density at radius 1 is 0.882 bits per heavy atom. The quantitative estimate of drug-likeness (QED) is 0.520. The zero-order chi connectivity index (χ0) is 24.0. The Morgan fingerprint density at radius 2 is 1.53 bits per heavy atom. The molecular weight excluding hydrogens is 453 g/mol. The molecule has 0 spiro atoms. The standard InChI is InChI=1S/C26H28FN3O3S/c27-22-11-15-24(16-12-22)30(34(32,33)25-7-3-1-4-8-25)20-26(31)28-19-21-9-13-23(14-10-21)29-17-5-2-6-18-29/h1,3-4,7-16H,2,5-6,17-20H2,(H,28,31). The number of rotatable bonds is 8. The number of piperidine rings is 1. The molecule has 3 aromatic carbocycles. The summed E-state index contributed by atoms with van der Waals surface area (Å²) in [5.41, 5.74) is 2.31. The van der Waals surface area contributed by atoms with Gasteiger partial charge in [-0.1, -0.05) is 30.3 Å². The van der Waals surface area contributed by atoms with E-state index in [1.54, 1.807) is 18.2 Å². The van der Waals surface area contributed by atoms with Gasteiger partial charge < -0.3 is 10.2 Å². The summed E-state index contributed by atoms with van der Waals surface area (Å²) >= 11 is 0. The van der Waals surface area contributed by atoms with Crippen LogP contribution in [0, 0.1) is 5.82 Å². The second-order valence-corrected chi connectivity index (χ2v) is 10.2. The lowest BCUT2D eigenvalue weighted by Crippen LogP contribution is -2.40. The van der Waals surface area contributed by atoms with Crippen molar-refractivity contribution in [3.8, 4) is 0 Å².